The maximum Gasteiger partial charge on any atom is 0.230 e. The number of benzene rings is 1. The smallest absolute Gasteiger partial charge is 0.230 e. The lowest BCUT2D eigenvalue weighted by atomic mass is 10.4. The van der Waals surface area contributed by atoms with Crippen LogP contribution in [0.4, 0.5) is 0 Å². The van der Waals surface area contributed by atoms with Crippen molar-refractivity contribution in [1.82, 2.24) is 4.98 Å². The molecule has 2 rings (SSSR count). The number of nitrogens with zero attached hydrogens (tertiary/aromatic N) is 1. The first kappa shape index (κ1) is 12.1. The van der Waals surface area contributed by atoms with Crippen LogP contribution in [-0.4, -0.2) is 13.4 Å². The number of hydrogen-bond acceptors (Lipinski definition) is 4. The van der Waals surface area contributed by atoms with Crippen molar-refractivity contribution in [3.8, 4) is 0 Å². The van der Waals surface area contributed by atoms with Gasteiger partial charge in [0.1, 0.15) is 0 Å². The fourth-order valence-electron chi connectivity index (χ4n) is 1.28. The predicted octanol–water partition coefficient (Wildman–Crippen LogP) is 2.70. The highest BCUT2D eigenvalue weighted by atomic mass is 33.1. The Bertz CT molecular complexity index is 568. The van der Waals surface area contributed by atoms with Crippen LogP contribution in [0.25, 0.3) is 0 Å². The summed E-state index contributed by atoms with van der Waals surface area (Å²) < 4.78 is 23.9. The van der Waals surface area contributed by atoms with Crippen LogP contribution >= 0.6 is 10.8 Å². The Morgan fingerprint density at radius 3 is 2.35 bits per heavy atom. The van der Waals surface area contributed by atoms with Gasteiger partial charge in [0.15, 0.2) is 0 Å². The van der Waals surface area contributed by atoms with E-state index in [1.807, 2.05) is 12.1 Å². The van der Waals surface area contributed by atoms with Gasteiger partial charge >= 0.3 is 0 Å². The summed E-state index contributed by atoms with van der Waals surface area (Å²) in [4.78, 5) is 4.42. The highest BCUT2D eigenvalue weighted by Crippen LogP contribution is 2.25. The number of hydrogen-bond donors (Lipinski definition) is 0. The molecule has 1 heterocycles. The van der Waals surface area contributed by atoms with Crippen molar-refractivity contribution in [2.45, 2.75) is 10.6 Å². The van der Waals surface area contributed by atoms with Gasteiger partial charge in [-0.1, -0.05) is 24.3 Å². The van der Waals surface area contributed by atoms with Crippen molar-refractivity contribution in [3.05, 3.63) is 60.4 Å². The van der Waals surface area contributed by atoms with Gasteiger partial charge < -0.3 is 0 Å². The molecule has 0 saturated heterocycles. The minimum Gasteiger partial charge on any atom is -0.260 e. The minimum atomic E-state index is -3.28. The summed E-state index contributed by atoms with van der Waals surface area (Å²) in [6.45, 7) is 0. The molecule has 0 aliphatic heterocycles. The molecule has 5 heteroatoms. The summed E-state index contributed by atoms with van der Waals surface area (Å²) in [7, 11) is -2.39. The Balaban J connectivity index is 2.09. The first-order valence-electron chi connectivity index (χ1n) is 5.03. The molecule has 0 spiro atoms. The summed E-state index contributed by atoms with van der Waals surface area (Å²) in [6, 6.07) is 13.9. The lowest BCUT2D eigenvalue weighted by Crippen LogP contribution is -1.96. The number of aromatic nitrogens is 1. The second-order valence-electron chi connectivity index (χ2n) is 3.35. The molecule has 1 aromatic heterocycles. The van der Waals surface area contributed by atoms with E-state index in [0.717, 1.165) is 16.5 Å². The van der Waals surface area contributed by atoms with Crippen molar-refractivity contribution in [2.24, 2.45) is 0 Å². The fraction of sp³-hybridized carbons (Fsp3) is 0.0833. The Hall–Kier alpha value is -1.33. The molecule has 0 aliphatic carbocycles. The van der Waals surface area contributed by atoms with Gasteiger partial charge in [0.25, 0.3) is 0 Å². The molecule has 2 aromatic rings. The van der Waals surface area contributed by atoms with E-state index < -0.39 is 8.87 Å². The molecule has 0 radical (unpaired) electrons. The minimum absolute atomic E-state index is 0.334. The first-order valence-corrected chi connectivity index (χ1v) is 8.01. The summed E-state index contributed by atoms with van der Waals surface area (Å²) in [6.07, 6.45) is 1.66. The molecule has 1 aromatic carbocycles. The maximum atomic E-state index is 11.9. The first-order chi connectivity index (χ1) is 8.18. The van der Waals surface area contributed by atoms with Gasteiger partial charge in [0.2, 0.25) is 8.87 Å². The van der Waals surface area contributed by atoms with Crippen molar-refractivity contribution in [3.63, 3.8) is 0 Å². The number of rotatable bonds is 4. The van der Waals surface area contributed by atoms with Crippen LogP contribution in [-0.2, 0) is 14.6 Å². The highest BCUT2D eigenvalue weighted by Gasteiger charge is 2.14. The highest BCUT2D eigenvalue weighted by molar-refractivity contribution is 8.71. The molecule has 0 amide bonds. The topological polar surface area (TPSA) is 47.0 Å². The van der Waals surface area contributed by atoms with Crippen molar-refractivity contribution in [2.75, 3.05) is 0 Å². The maximum absolute atomic E-state index is 11.9. The van der Waals surface area contributed by atoms with E-state index in [0.29, 0.717) is 10.6 Å². The van der Waals surface area contributed by atoms with Gasteiger partial charge in [-0.15, -0.1) is 0 Å². The van der Waals surface area contributed by atoms with Crippen LogP contribution in [0.5, 0.6) is 0 Å². The molecule has 0 unspecified atom stereocenters. The summed E-state index contributed by atoms with van der Waals surface area (Å²) in [5.41, 5.74) is 0.761. The standard InChI is InChI=1S/C12H11NO2S2/c14-17(15,12-7-2-1-3-8-12)16-10-11-6-4-5-9-13-11/h1-9H,10H2. The van der Waals surface area contributed by atoms with Crippen LogP contribution < -0.4 is 0 Å². The molecule has 17 heavy (non-hydrogen) atoms. The van der Waals surface area contributed by atoms with E-state index in [-0.39, 0.29) is 0 Å². The molecule has 88 valence electrons. The SMILES string of the molecule is O=S(=O)(SCc1ccccn1)c1ccccc1. The van der Waals surface area contributed by atoms with E-state index in [2.05, 4.69) is 4.98 Å². The third kappa shape index (κ3) is 3.31. The zero-order chi connectivity index (χ0) is 12.1. The molecule has 0 saturated carbocycles. The predicted molar refractivity (Wildman–Crippen MR) is 69.2 cm³/mol. The Morgan fingerprint density at radius 2 is 1.71 bits per heavy atom. The molecular formula is C12H11NO2S2. The average Bonchev–Trinajstić information content (AvgIpc) is 2.39. The van der Waals surface area contributed by atoms with Crippen molar-refractivity contribution in [1.29, 1.82) is 0 Å². The summed E-state index contributed by atoms with van der Waals surface area (Å²) in [5.74, 6) is 0.359. The second kappa shape index (κ2) is 5.33. The molecular weight excluding hydrogens is 254 g/mol. The van der Waals surface area contributed by atoms with E-state index in [1.165, 1.54) is 0 Å². The molecule has 0 N–H and O–H groups in total. The largest absolute Gasteiger partial charge is 0.260 e. The Morgan fingerprint density at radius 1 is 1.00 bits per heavy atom. The third-order valence-electron chi connectivity index (χ3n) is 2.12. The van der Waals surface area contributed by atoms with Crippen LogP contribution in [0.1, 0.15) is 5.69 Å². The van der Waals surface area contributed by atoms with Crippen molar-refractivity contribution >= 4 is 19.7 Å². The van der Waals surface area contributed by atoms with Gasteiger partial charge in [-0.05, 0) is 35.1 Å². The Labute approximate surface area is 104 Å². The molecule has 0 fully saturated rings. The second-order valence-corrected chi connectivity index (χ2v) is 7.28. The van der Waals surface area contributed by atoms with Gasteiger partial charge in [0.05, 0.1) is 16.3 Å². The normalized spacial score (nSPS) is 11.3. The summed E-state index contributed by atoms with van der Waals surface area (Å²) in [5, 5.41) is 0. The van der Waals surface area contributed by atoms with Crippen LogP contribution in [0, 0.1) is 0 Å². The van der Waals surface area contributed by atoms with E-state index in [1.54, 1.807) is 42.6 Å². The molecule has 0 aliphatic rings. The lowest BCUT2D eigenvalue weighted by Gasteiger charge is -2.02. The van der Waals surface area contributed by atoms with Crippen LogP contribution in [0.15, 0.2) is 59.6 Å². The Kier molecular flexibility index (Phi) is 3.81. The molecule has 0 bridgehead atoms. The summed E-state index contributed by atoms with van der Waals surface area (Å²) >= 11 is 0. The quantitative estimate of drug-likeness (QED) is 0.797. The van der Waals surface area contributed by atoms with Crippen molar-refractivity contribution < 1.29 is 8.42 Å². The van der Waals surface area contributed by atoms with Gasteiger partial charge in [-0.25, -0.2) is 8.42 Å². The van der Waals surface area contributed by atoms with Gasteiger partial charge in [-0.2, -0.15) is 0 Å². The van der Waals surface area contributed by atoms with Gasteiger partial charge in [-0.3, -0.25) is 4.98 Å². The monoisotopic (exact) mass is 265 g/mol. The van der Waals surface area contributed by atoms with E-state index >= 15 is 0 Å². The molecule has 3 nitrogen and oxygen atoms in total. The van der Waals surface area contributed by atoms with Gasteiger partial charge in [0, 0.05) is 6.20 Å². The zero-order valence-corrected chi connectivity index (χ0v) is 10.6. The number of pyridine rings is 1. The van der Waals surface area contributed by atoms with Crippen LogP contribution in [0.3, 0.4) is 0 Å². The van der Waals surface area contributed by atoms with E-state index in [4.69, 9.17) is 0 Å². The van der Waals surface area contributed by atoms with Crippen LogP contribution in [0.2, 0.25) is 0 Å². The van der Waals surface area contributed by atoms with E-state index in [9.17, 15) is 8.42 Å². The molecule has 0 atom stereocenters. The average molecular weight is 265 g/mol. The lowest BCUT2D eigenvalue weighted by molar-refractivity contribution is 0.610. The fourth-order valence-corrected chi connectivity index (χ4v) is 3.92. The third-order valence-corrected chi connectivity index (χ3v) is 5.56. The zero-order valence-electron chi connectivity index (χ0n) is 8.98.